The van der Waals surface area contributed by atoms with Crippen LogP contribution in [0.5, 0.6) is 0 Å². The van der Waals surface area contributed by atoms with Crippen LogP contribution in [-0.4, -0.2) is 25.6 Å². The second-order valence-corrected chi connectivity index (χ2v) is 5.78. The average molecular weight is 319 g/mol. The Balaban J connectivity index is 2.14. The number of nitrogens with zero attached hydrogens (tertiary/aromatic N) is 1. The fraction of sp³-hybridized carbons (Fsp3) is 0.556. The molecule has 0 unspecified atom stereocenters. The van der Waals surface area contributed by atoms with Crippen LogP contribution < -0.4 is 11.1 Å². The summed E-state index contributed by atoms with van der Waals surface area (Å²) in [5, 5.41) is 3.12. The van der Waals surface area contributed by atoms with Crippen molar-refractivity contribution in [2.24, 2.45) is 10.7 Å². The highest BCUT2D eigenvalue weighted by Gasteiger charge is 2.00. The molecule has 0 aliphatic carbocycles. The minimum atomic E-state index is -0.125. The summed E-state index contributed by atoms with van der Waals surface area (Å²) in [4.78, 5) is 15.3. The van der Waals surface area contributed by atoms with Gasteiger partial charge in [-0.15, -0.1) is 0 Å². The van der Waals surface area contributed by atoms with Gasteiger partial charge < -0.3 is 15.8 Å². The average Bonchev–Trinajstić information content (AvgIpc) is 2.53. The molecule has 0 radical (unpaired) electrons. The van der Waals surface area contributed by atoms with Crippen LogP contribution in [0.2, 0.25) is 0 Å². The maximum atomic E-state index is 11.0. The van der Waals surface area contributed by atoms with E-state index < -0.39 is 0 Å². The molecule has 0 atom stereocenters. The number of benzene rings is 1. The summed E-state index contributed by atoms with van der Waals surface area (Å²) in [7, 11) is 1.43. The lowest BCUT2D eigenvalue weighted by Gasteiger charge is -2.08. The van der Waals surface area contributed by atoms with Gasteiger partial charge in [-0.05, 0) is 49.9 Å². The number of nitrogens with two attached hydrogens (primary N) is 1. The van der Waals surface area contributed by atoms with E-state index in [0.29, 0.717) is 12.4 Å². The smallest absolute Gasteiger partial charge is 0.305 e. The summed E-state index contributed by atoms with van der Waals surface area (Å²) in [5.41, 5.74) is 9.36. The molecule has 3 N–H and O–H groups in total. The number of aliphatic imine (C=N–C) groups is 1. The Bertz CT molecular complexity index is 527. The number of esters is 1. The van der Waals surface area contributed by atoms with E-state index in [1.165, 1.54) is 18.2 Å². The molecule has 0 saturated heterocycles. The Hall–Kier alpha value is -2.04. The first kappa shape index (κ1) is 19.0. The van der Waals surface area contributed by atoms with Crippen molar-refractivity contribution >= 4 is 17.6 Å². The molecule has 0 aliphatic heterocycles. The molecule has 23 heavy (non-hydrogen) atoms. The molecule has 128 valence electrons. The van der Waals surface area contributed by atoms with Gasteiger partial charge in [0.2, 0.25) is 0 Å². The molecule has 0 bridgehead atoms. The third kappa shape index (κ3) is 8.24. The summed E-state index contributed by atoms with van der Waals surface area (Å²) < 4.78 is 4.61. The minimum absolute atomic E-state index is 0.125. The maximum Gasteiger partial charge on any atom is 0.305 e. The SMILES string of the molecule is COC(=O)CCCCCCCN=C(N)Nc1ccc(C)c(C)c1. The summed E-state index contributed by atoms with van der Waals surface area (Å²) in [6, 6.07) is 6.14. The fourth-order valence-corrected chi connectivity index (χ4v) is 2.22. The number of rotatable bonds is 9. The van der Waals surface area contributed by atoms with E-state index >= 15 is 0 Å². The van der Waals surface area contributed by atoms with E-state index in [-0.39, 0.29) is 5.97 Å². The van der Waals surface area contributed by atoms with Crippen molar-refractivity contribution in [3.63, 3.8) is 0 Å². The van der Waals surface area contributed by atoms with E-state index in [1.54, 1.807) is 0 Å². The van der Waals surface area contributed by atoms with Gasteiger partial charge in [0.1, 0.15) is 0 Å². The summed E-state index contributed by atoms with van der Waals surface area (Å²) >= 11 is 0. The van der Waals surface area contributed by atoms with E-state index in [0.717, 1.165) is 44.3 Å². The van der Waals surface area contributed by atoms with Gasteiger partial charge in [0.25, 0.3) is 0 Å². The van der Waals surface area contributed by atoms with Crippen LogP contribution in [0.15, 0.2) is 23.2 Å². The van der Waals surface area contributed by atoms with Crippen molar-refractivity contribution in [3.05, 3.63) is 29.3 Å². The zero-order valence-electron chi connectivity index (χ0n) is 14.5. The summed E-state index contributed by atoms with van der Waals surface area (Å²) in [6.45, 7) is 4.89. The first-order valence-electron chi connectivity index (χ1n) is 8.24. The Morgan fingerprint density at radius 2 is 1.83 bits per heavy atom. The molecule has 0 spiro atoms. The number of carbonyl (C=O) groups excluding carboxylic acids is 1. The lowest BCUT2D eigenvalue weighted by Crippen LogP contribution is -2.22. The molecule has 0 aromatic heterocycles. The van der Waals surface area contributed by atoms with Gasteiger partial charge >= 0.3 is 5.97 Å². The summed E-state index contributed by atoms with van der Waals surface area (Å²) in [5.74, 6) is 0.332. The first-order chi connectivity index (χ1) is 11.0. The fourth-order valence-electron chi connectivity index (χ4n) is 2.22. The molecule has 0 saturated carbocycles. The van der Waals surface area contributed by atoms with Gasteiger partial charge in [-0.3, -0.25) is 9.79 Å². The highest BCUT2D eigenvalue weighted by molar-refractivity contribution is 5.92. The predicted octanol–water partition coefficient (Wildman–Crippen LogP) is 3.54. The zero-order valence-corrected chi connectivity index (χ0v) is 14.5. The Kier molecular flexibility index (Phi) is 8.80. The first-order valence-corrected chi connectivity index (χ1v) is 8.24. The second-order valence-electron chi connectivity index (χ2n) is 5.78. The number of ether oxygens (including phenoxy) is 1. The van der Waals surface area contributed by atoms with Crippen LogP contribution in [0.25, 0.3) is 0 Å². The molecular weight excluding hydrogens is 290 g/mol. The lowest BCUT2D eigenvalue weighted by atomic mass is 10.1. The van der Waals surface area contributed by atoms with Crippen molar-refractivity contribution < 1.29 is 9.53 Å². The van der Waals surface area contributed by atoms with Gasteiger partial charge in [-0.25, -0.2) is 0 Å². The van der Waals surface area contributed by atoms with E-state index in [9.17, 15) is 4.79 Å². The van der Waals surface area contributed by atoms with Crippen molar-refractivity contribution in [2.45, 2.75) is 52.4 Å². The highest BCUT2D eigenvalue weighted by Crippen LogP contribution is 2.13. The number of guanidine groups is 1. The number of anilines is 1. The van der Waals surface area contributed by atoms with E-state index in [2.05, 4.69) is 41.0 Å². The maximum absolute atomic E-state index is 11.0. The number of unbranched alkanes of at least 4 members (excludes halogenated alkanes) is 4. The Labute approximate surface area is 139 Å². The Morgan fingerprint density at radius 1 is 1.13 bits per heavy atom. The van der Waals surface area contributed by atoms with Crippen LogP contribution in [0.4, 0.5) is 5.69 Å². The number of hydrogen-bond acceptors (Lipinski definition) is 3. The quantitative estimate of drug-likeness (QED) is 0.316. The third-order valence-electron chi connectivity index (χ3n) is 3.83. The number of carbonyl (C=O) groups is 1. The molecule has 0 amide bonds. The van der Waals surface area contributed by atoms with Gasteiger partial charge in [0, 0.05) is 18.7 Å². The normalized spacial score (nSPS) is 11.3. The van der Waals surface area contributed by atoms with Gasteiger partial charge in [-0.1, -0.05) is 25.3 Å². The van der Waals surface area contributed by atoms with Crippen molar-refractivity contribution in [2.75, 3.05) is 19.0 Å². The van der Waals surface area contributed by atoms with Crippen molar-refractivity contribution in [3.8, 4) is 0 Å². The molecule has 1 aromatic rings. The topological polar surface area (TPSA) is 76.7 Å². The van der Waals surface area contributed by atoms with Gasteiger partial charge in [-0.2, -0.15) is 0 Å². The van der Waals surface area contributed by atoms with Crippen LogP contribution >= 0.6 is 0 Å². The van der Waals surface area contributed by atoms with Crippen molar-refractivity contribution in [1.82, 2.24) is 0 Å². The molecule has 5 heteroatoms. The molecule has 1 rings (SSSR count). The summed E-state index contributed by atoms with van der Waals surface area (Å²) in [6.07, 6.45) is 5.68. The standard InChI is InChI=1S/C18H29N3O2/c1-14-10-11-16(13-15(14)2)21-18(19)20-12-8-6-4-5-7-9-17(22)23-3/h10-11,13H,4-9,12H2,1-3H3,(H3,19,20,21). The van der Waals surface area contributed by atoms with E-state index in [1.807, 2.05) is 6.07 Å². The molecule has 0 aliphatic rings. The molecule has 0 heterocycles. The number of methoxy groups -OCH3 is 1. The number of nitrogens with one attached hydrogen (secondary N) is 1. The van der Waals surface area contributed by atoms with Crippen molar-refractivity contribution in [1.29, 1.82) is 0 Å². The highest BCUT2D eigenvalue weighted by atomic mass is 16.5. The van der Waals surface area contributed by atoms with Crippen LogP contribution in [0.3, 0.4) is 0 Å². The number of hydrogen-bond donors (Lipinski definition) is 2. The van der Waals surface area contributed by atoms with E-state index in [4.69, 9.17) is 5.73 Å². The monoisotopic (exact) mass is 319 g/mol. The molecule has 0 fully saturated rings. The minimum Gasteiger partial charge on any atom is -0.469 e. The van der Waals surface area contributed by atoms with Gasteiger partial charge in [0.15, 0.2) is 5.96 Å². The largest absolute Gasteiger partial charge is 0.469 e. The van der Waals surface area contributed by atoms with Gasteiger partial charge in [0.05, 0.1) is 7.11 Å². The predicted molar refractivity (Wildman–Crippen MR) is 95.7 cm³/mol. The zero-order chi connectivity index (χ0) is 17.1. The number of aryl methyl sites for hydroxylation is 2. The molecule has 5 nitrogen and oxygen atoms in total. The molecular formula is C18H29N3O2. The lowest BCUT2D eigenvalue weighted by molar-refractivity contribution is -0.140. The van der Waals surface area contributed by atoms with Crippen LogP contribution in [0.1, 0.15) is 49.7 Å². The van der Waals surface area contributed by atoms with Crippen LogP contribution in [-0.2, 0) is 9.53 Å². The Morgan fingerprint density at radius 3 is 2.52 bits per heavy atom. The molecule has 1 aromatic carbocycles. The second kappa shape index (κ2) is 10.6. The van der Waals surface area contributed by atoms with Crippen LogP contribution in [0, 0.1) is 13.8 Å². The third-order valence-corrected chi connectivity index (χ3v) is 3.83.